The van der Waals surface area contributed by atoms with Crippen molar-refractivity contribution in [2.24, 2.45) is 7.05 Å². The molecule has 0 saturated carbocycles. The van der Waals surface area contributed by atoms with E-state index in [9.17, 15) is 18.0 Å². The molecule has 1 heterocycles. The Kier molecular flexibility index (Phi) is 4.89. The van der Waals surface area contributed by atoms with Gasteiger partial charge >= 0.3 is 5.97 Å². The van der Waals surface area contributed by atoms with Crippen LogP contribution < -0.4 is 9.40 Å². The quantitative estimate of drug-likeness (QED) is 0.592. The topological polar surface area (TPSA) is 106 Å². The number of aromatic nitrogens is 2. The Labute approximate surface area is 133 Å². The molecule has 0 aliphatic rings. The summed E-state index contributed by atoms with van der Waals surface area (Å²) in [5.74, 6) is -1.96. The summed E-state index contributed by atoms with van der Waals surface area (Å²) in [6.07, 6.45) is 1.11. The van der Waals surface area contributed by atoms with Crippen LogP contribution in [0.5, 0.6) is 0 Å². The number of ether oxygens (including phenoxy) is 1. The van der Waals surface area contributed by atoms with E-state index in [2.05, 4.69) is 9.84 Å². The van der Waals surface area contributed by atoms with Gasteiger partial charge in [-0.1, -0.05) is 22.9 Å². The number of amides is 1. The molecule has 0 atom stereocenters. The molecule has 0 radical (unpaired) electrons. The summed E-state index contributed by atoms with van der Waals surface area (Å²) >= 11 is 0. The molecule has 1 N–H and O–H groups in total. The second-order valence-electron chi connectivity index (χ2n) is 4.81. The monoisotopic (exact) mass is 338 g/mol. The molecule has 0 aliphatic heterocycles. The Bertz CT molecular complexity index is 864. The van der Waals surface area contributed by atoms with Crippen molar-refractivity contribution in [3.05, 3.63) is 36.0 Å². The van der Waals surface area contributed by atoms with Crippen molar-refractivity contribution >= 4 is 32.8 Å². The number of aryl methyl sites for hydroxylation is 1. The van der Waals surface area contributed by atoms with Crippen LogP contribution in [0.2, 0.25) is 0 Å². The Morgan fingerprint density at radius 2 is 2.00 bits per heavy atom. The van der Waals surface area contributed by atoms with Crippen molar-refractivity contribution in [3.8, 4) is 0 Å². The highest BCUT2D eigenvalue weighted by Gasteiger charge is 2.22. The van der Waals surface area contributed by atoms with Crippen LogP contribution in [0, 0.1) is 0 Å². The number of carbonyl (C=O) groups excluding carboxylic acids is 2. The number of hydrogen-bond donors (Lipinski definition) is 1. The SMILES string of the molecule is COC(=O)CCS(=O)(=O)NC(=O)c1c[n+](C)nc2ccccc12. The maximum absolute atomic E-state index is 12.3. The number of fused-ring (bicyclic) bond motifs is 1. The largest absolute Gasteiger partial charge is 0.469 e. The van der Waals surface area contributed by atoms with Crippen LogP contribution in [0.25, 0.3) is 10.9 Å². The lowest BCUT2D eigenvalue weighted by Gasteiger charge is -2.07. The van der Waals surface area contributed by atoms with Gasteiger partial charge in [0.25, 0.3) is 5.91 Å². The predicted octanol–water partition coefficient (Wildman–Crippen LogP) is -0.318. The molecule has 23 heavy (non-hydrogen) atoms. The normalized spacial score (nSPS) is 11.2. The van der Waals surface area contributed by atoms with Gasteiger partial charge in [-0.2, -0.15) is 0 Å². The summed E-state index contributed by atoms with van der Waals surface area (Å²) in [6, 6.07) is 6.90. The molecule has 2 rings (SSSR count). The van der Waals surface area contributed by atoms with E-state index in [1.54, 1.807) is 31.3 Å². The molecule has 0 bridgehead atoms. The highest BCUT2D eigenvalue weighted by atomic mass is 32.2. The first-order chi connectivity index (χ1) is 10.8. The molecule has 0 fully saturated rings. The van der Waals surface area contributed by atoms with Crippen LogP contribution >= 0.6 is 0 Å². The average Bonchev–Trinajstić information content (AvgIpc) is 2.51. The molecule has 1 aromatic carbocycles. The number of nitrogens with zero attached hydrogens (tertiary/aromatic N) is 2. The first kappa shape index (κ1) is 16.8. The van der Waals surface area contributed by atoms with Crippen molar-refractivity contribution in [1.29, 1.82) is 0 Å². The molecule has 1 amide bonds. The lowest BCUT2D eigenvalue weighted by Crippen LogP contribution is -2.38. The van der Waals surface area contributed by atoms with Gasteiger partial charge in [-0.15, -0.1) is 0 Å². The van der Waals surface area contributed by atoms with E-state index in [0.717, 1.165) is 7.11 Å². The summed E-state index contributed by atoms with van der Waals surface area (Å²) in [6.45, 7) is 0. The highest BCUT2D eigenvalue weighted by Crippen LogP contribution is 2.14. The predicted molar refractivity (Wildman–Crippen MR) is 80.8 cm³/mol. The number of methoxy groups -OCH3 is 1. The summed E-state index contributed by atoms with van der Waals surface area (Å²) in [7, 11) is -1.15. The number of carbonyl (C=O) groups is 2. The number of rotatable bonds is 5. The van der Waals surface area contributed by atoms with Crippen LogP contribution in [-0.2, 0) is 26.6 Å². The number of hydrogen-bond acceptors (Lipinski definition) is 6. The Hall–Kier alpha value is -2.55. The fraction of sp³-hybridized carbons (Fsp3) is 0.286. The third-order valence-corrected chi connectivity index (χ3v) is 4.31. The minimum absolute atomic E-state index is 0.180. The molecule has 0 aliphatic carbocycles. The van der Waals surface area contributed by atoms with Gasteiger partial charge < -0.3 is 4.74 Å². The number of nitrogens with one attached hydrogen (secondary N) is 1. The smallest absolute Gasteiger partial charge is 0.306 e. The average molecular weight is 338 g/mol. The molecule has 0 saturated heterocycles. The van der Waals surface area contributed by atoms with Crippen LogP contribution in [0.3, 0.4) is 0 Å². The maximum Gasteiger partial charge on any atom is 0.306 e. The Morgan fingerprint density at radius 1 is 1.30 bits per heavy atom. The third-order valence-electron chi connectivity index (χ3n) is 3.07. The molecule has 0 spiro atoms. The lowest BCUT2D eigenvalue weighted by molar-refractivity contribution is -0.728. The zero-order valence-electron chi connectivity index (χ0n) is 12.6. The van der Waals surface area contributed by atoms with E-state index in [1.807, 2.05) is 4.72 Å². The van der Waals surface area contributed by atoms with Crippen LogP contribution in [0.1, 0.15) is 16.8 Å². The zero-order valence-corrected chi connectivity index (χ0v) is 13.5. The minimum atomic E-state index is -3.95. The van der Waals surface area contributed by atoms with E-state index in [0.29, 0.717) is 10.9 Å². The van der Waals surface area contributed by atoms with Gasteiger partial charge in [-0.05, 0) is 11.2 Å². The van der Waals surface area contributed by atoms with Gasteiger partial charge in [-0.25, -0.2) is 13.1 Å². The van der Waals surface area contributed by atoms with Crippen LogP contribution in [0.4, 0.5) is 0 Å². The highest BCUT2D eigenvalue weighted by molar-refractivity contribution is 7.90. The molecule has 8 nitrogen and oxygen atoms in total. The molecule has 122 valence electrons. The molecular weight excluding hydrogens is 322 g/mol. The van der Waals surface area contributed by atoms with Crippen molar-refractivity contribution in [2.75, 3.05) is 12.9 Å². The first-order valence-electron chi connectivity index (χ1n) is 6.70. The van der Waals surface area contributed by atoms with Gasteiger partial charge in [0.2, 0.25) is 16.2 Å². The summed E-state index contributed by atoms with van der Waals surface area (Å²) < 4.78 is 31.6. The molecule has 2 aromatic rings. The Balaban J connectivity index is 2.26. The summed E-state index contributed by atoms with van der Waals surface area (Å²) in [5, 5.41) is 4.75. The second kappa shape index (κ2) is 6.69. The summed E-state index contributed by atoms with van der Waals surface area (Å²) in [5.41, 5.74) is 0.745. The van der Waals surface area contributed by atoms with Gasteiger partial charge in [0.1, 0.15) is 11.1 Å². The van der Waals surface area contributed by atoms with Crippen molar-refractivity contribution < 1.29 is 27.4 Å². The molecule has 1 aromatic heterocycles. The van der Waals surface area contributed by atoms with E-state index in [4.69, 9.17) is 0 Å². The zero-order chi connectivity index (χ0) is 17.0. The third kappa shape index (κ3) is 4.22. The van der Waals surface area contributed by atoms with E-state index in [-0.39, 0.29) is 12.0 Å². The van der Waals surface area contributed by atoms with Crippen molar-refractivity contribution in [2.45, 2.75) is 6.42 Å². The van der Waals surface area contributed by atoms with E-state index in [1.165, 1.54) is 10.9 Å². The lowest BCUT2D eigenvalue weighted by atomic mass is 10.1. The van der Waals surface area contributed by atoms with Crippen LogP contribution in [0.15, 0.2) is 30.5 Å². The van der Waals surface area contributed by atoms with Gasteiger partial charge in [0.05, 0.1) is 19.3 Å². The van der Waals surface area contributed by atoms with Crippen LogP contribution in [-0.4, -0.2) is 38.3 Å². The van der Waals surface area contributed by atoms with Gasteiger partial charge in [0, 0.05) is 5.39 Å². The number of benzene rings is 1. The number of sulfonamides is 1. The molecule has 9 heteroatoms. The van der Waals surface area contributed by atoms with Gasteiger partial charge in [-0.3, -0.25) is 9.59 Å². The Morgan fingerprint density at radius 3 is 2.70 bits per heavy atom. The minimum Gasteiger partial charge on any atom is -0.469 e. The van der Waals surface area contributed by atoms with E-state index >= 15 is 0 Å². The second-order valence-corrected chi connectivity index (χ2v) is 6.65. The first-order valence-corrected chi connectivity index (χ1v) is 8.35. The van der Waals surface area contributed by atoms with Crippen molar-refractivity contribution in [3.63, 3.8) is 0 Å². The fourth-order valence-corrected chi connectivity index (χ4v) is 2.92. The maximum atomic E-state index is 12.3. The molecular formula is C14H16N3O5S+. The molecule has 0 unspecified atom stereocenters. The standard InChI is InChI=1S/C14H15N3O5S/c1-17-9-11(10-5-3-4-6-12(10)15-17)14(19)16-23(20,21)8-7-13(18)22-2/h3-6,9H,7-8H2,1-2H3/p+1. The fourth-order valence-electron chi connectivity index (χ4n) is 1.99. The van der Waals surface area contributed by atoms with Gasteiger partial charge in [0.15, 0.2) is 7.05 Å². The summed E-state index contributed by atoms with van der Waals surface area (Å²) in [4.78, 5) is 23.3. The van der Waals surface area contributed by atoms with Crippen molar-refractivity contribution in [1.82, 2.24) is 9.82 Å². The number of esters is 1. The van der Waals surface area contributed by atoms with E-state index < -0.39 is 27.7 Å².